The number of nitrogens with zero attached hydrogens (tertiary/aromatic N) is 3. The molecule has 1 aliphatic heterocycles. The van der Waals surface area contributed by atoms with E-state index in [1.165, 1.54) is 12.4 Å². The van der Waals surface area contributed by atoms with Crippen molar-refractivity contribution < 1.29 is 9.59 Å². The van der Waals surface area contributed by atoms with Gasteiger partial charge in [0.15, 0.2) is 0 Å². The Hall–Kier alpha value is -2.89. The second kappa shape index (κ2) is 8.87. The molecular formula is C22H28N4O2. The molecule has 2 aromatic rings. The summed E-state index contributed by atoms with van der Waals surface area (Å²) in [4.78, 5) is 33.4. The first-order chi connectivity index (χ1) is 13.5. The van der Waals surface area contributed by atoms with Gasteiger partial charge in [-0.15, -0.1) is 0 Å². The number of nitrogens with one attached hydrogen (secondary N) is 1. The van der Waals surface area contributed by atoms with Crippen molar-refractivity contribution in [3.8, 4) is 0 Å². The second-order valence-corrected chi connectivity index (χ2v) is 7.09. The van der Waals surface area contributed by atoms with Gasteiger partial charge in [0, 0.05) is 49.9 Å². The van der Waals surface area contributed by atoms with E-state index in [2.05, 4.69) is 35.1 Å². The Morgan fingerprint density at radius 1 is 1.07 bits per heavy atom. The van der Waals surface area contributed by atoms with E-state index in [1.807, 2.05) is 24.0 Å². The lowest BCUT2D eigenvalue weighted by atomic mass is 10.1. The number of benzene rings is 1. The van der Waals surface area contributed by atoms with Crippen molar-refractivity contribution >= 4 is 23.2 Å². The van der Waals surface area contributed by atoms with Gasteiger partial charge in [-0.2, -0.15) is 0 Å². The fourth-order valence-corrected chi connectivity index (χ4v) is 3.55. The largest absolute Gasteiger partial charge is 0.372 e. The zero-order valence-electron chi connectivity index (χ0n) is 16.9. The fourth-order valence-electron chi connectivity index (χ4n) is 3.55. The molecule has 148 valence electrons. The minimum atomic E-state index is -0.262. The van der Waals surface area contributed by atoms with E-state index >= 15 is 0 Å². The van der Waals surface area contributed by atoms with E-state index in [0.717, 1.165) is 56.0 Å². The van der Waals surface area contributed by atoms with Crippen molar-refractivity contribution in [2.45, 2.75) is 33.6 Å². The van der Waals surface area contributed by atoms with Crippen LogP contribution in [-0.4, -0.2) is 47.9 Å². The average Bonchev–Trinajstić information content (AvgIpc) is 3.25. The first kappa shape index (κ1) is 19.9. The van der Waals surface area contributed by atoms with Crippen LogP contribution >= 0.6 is 0 Å². The van der Waals surface area contributed by atoms with Gasteiger partial charge in [-0.3, -0.25) is 14.6 Å². The topological polar surface area (TPSA) is 65.5 Å². The number of hydrogen-bond acceptors (Lipinski definition) is 4. The zero-order chi connectivity index (χ0) is 20.1. The Bertz CT molecular complexity index is 855. The monoisotopic (exact) mass is 380 g/mol. The van der Waals surface area contributed by atoms with Crippen LogP contribution in [0, 0.1) is 6.92 Å². The maximum Gasteiger partial charge on any atom is 0.257 e. The molecule has 0 radical (unpaired) electrons. The highest BCUT2D eigenvalue weighted by Gasteiger charge is 2.21. The number of amides is 2. The quantitative estimate of drug-likeness (QED) is 0.829. The highest BCUT2D eigenvalue weighted by atomic mass is 16.2. The molecule has 6 heteroatoms. The molecule has 1 saturated heterocycles. The number of carbonyl (C=O) groups excluding carboxylic acids is 2. The summed E-state index contributed by atoms with van der Waals surface area (Å²) in [6.07, 6.45) is 5.08. The molecule has 0 saturated carbocycles. The van der Waals surface area contributed by atoms with Crippen LogP contribution in [0.2, 0.25) is 0 Å². The molecule has 0 unspecified atom stereocenters. The van der Waals surface area contributed by atoms with E-state index in [9.17, 15) is 9.59 Å². The molecule has 28 heavy (non-hydrogen) atoms. The van der Waals surface area contributed by atoms with Gasteiger partial charge >= 0.3 is 0 Å². The normalized spacial score (nSPS) is 13.5. The Morgan fingerprint density at radius 3 is 2.39 bits per heavy atom. The van der Waals surface area contributed by atoms with Crippen LogP contribution in [0.3, 0.4) is 0 Å². The molecule has 3 rings (SSSR count). The van der Waals surface area contributed by atoms with E-state index in [0.29, 0.717) is 11.1 Å². The van der Waals surface area contributed by atoms with Gasteiger partial charge in [-0.1, -0.05) is 0 Å². The summed E-state index contributed by atoms with van der Waals surface area (Å²) in [5.74, 6) is -0.318. The van der Waals surface area contributed by atoms with Crippen molar-refractivity contribution in [2.24, 2.45) is 0 Å². The van der Waals surface area contributed by atoms with Crippen molar-refractivity contribution in [2.75, 3.05) is 36.4 Å². The Balaban J connectivity index is 1.74. The van der Waals surface area contributed by atoms with Gasteiger partial charge in [0.2, 0.25) is 0 Å². The number of aromatic nitrogens is 1. The molecule has 1 aromatic carbocycles. The number of carbonyl (C=O) groups is 2. The summed E-state index contributed by atoms with van der Waals surface area (Å²) in [6.45, 7) is 9.64. The van der Waals surface area contributed by atoms with Crippen molar-refractivity contribution in [1.29, 1.82) is 0 Å². The number of anilines is 2. The Labute approximate surface area is 166 Å². The van der Waals surface area contributed by atoms with Gasteiger partial charge in [0.05, 0.1) is 11.1 Å². The number of pyridine rings is 1. The SMILES string of the molecule is CCN(CC)c1ccc(NC(=O)c2cncc(C(=O)N3CCCC3)c2)c(C)c1. The summed E-state index contributed by atoms with van der Waals surface area (Å²) >= 11 is 0. The summed E-state index contributed by atoms with van der Waals surface area (Å²) in [5.41, 5.74) is 3.74. The third kappa shape index (κ3) is 4.32. The number of rotatable bonds is 6. The van der Waals surface area contributed by atoms with Crippen LogP contribution in [0.1, 0.15) is 53.0 Å². The third-order valence-electron chi connectivity index (χ3n) is 5.23. The van der Waals surface area contributed by atoms with Gasteiger partial charge in [0.1, 0.15) is 0 Å². The summed E-state index contributed by atoms with van der Waals surface area (Å²) in [5, 5.41) is 2.94. The van der Waals surface area contributed by atoms with Crippen molar-refractivity contribution in [3.05, 3.63) is 53.3 Å². The molecule has 1 fully saturated rings. The predicted molar refractivity (Wildman–Crippen MR) is 112 cm³/mol. The lowest BCUT2D eigenvalue weighted by molar-refractivity contribution is 0.0792. The van der Waals surface area contributed by atoms with Crippen molar-refractivity contribution in [3.63, 3.8) is 0 Å². The smallest absolute Gasteiger partial charge is 0.257 e. The molecule has 2 heterocycles. The molecule has 0 bridgehead atoms. The summed E-state index contributed by atoms with van der Waals surface area (Å²) in [7, 11) is 0. The molecule has 0 aliphatic carbocycles. The summed E-state index contributed by atoms with van der Waals surface area (Å²) in [6, 6.07) is 7.64. The minimum Gasteiger partial charge on any atom is -0.372 e. The number of likely N-dealkylation sites (tertiary alicyclic amines) is 1. The molecule has 1 aromatic heterocycles. The standard InChI is InChI=1S/C22H28N4O2/c1-4-25(5-2)19-8-9-20(16(3)12-19)24-21(27)17-13-18(15-23-14-17)22(28)26-10-6-7-11-26/h8-9,12-15H,4-7,10-11H2,1-3H3,(H,24,27). The first-order valence-corrected chi connectivity index (χ1v) is 9.94. The Kier molecular flexibility index (Phi) is 6.29. The lowest BCUT2D eigenvalue weighted by Crippen LogP contribution is -2.28. The van der Waals surface area contributed by atoms with Gasteiger partial charge in [-0.25, -0.2) is 0 Å². The minimum absolute atomic E-state index is 0.0561. The van der Waals surface area contributed by atoms with Crippen LogP contribution in [-0.2, 0) is 0 Å². The molecule has 6 nitrogen and oxygen atoms in total. The fraction of sp³-hybridized carbons (Fsp3) is 0.409. The highest BCUT2D eigenvalue weighted by molar-refractivity contribution is 6.06. The van der Waals surface area contributed by atoms with Gasteiger partial charge in [0.25, 0.3) is 11.8 Å². The molecular weight excluding hydrogens is 352 g/mol. The number of aryl methyl sites for hydroxylation is 1. The lowest BCUT2D eigenvalue weighted by Gasteiger charge is -2.22. The van der Waals surface area contributed by atoms with Crippen LogP contribution in [0.4, 0.5) is 11.4 Å². The number of hydrogen-bond donors (Lipinski definition) is 1. The van der Waals surface area contributed by atoms with E-state index in [4.69, 9.17) is 0 Å². The zero-order valence-corrected chi connectivity index (χ0v) is 16.9. The maximum atomic E-state index is 12.7. The molecule has 2 amide bonds. The Morgan fingerprint density at radius 2 is 1.75 bits per heavy atom. The second-order valence-electron chi connectivity index (χ2n) is 7.09. The van der Waals surface area contributed by atoms with Gasteiger partial charge < -0.3 is 15.1 Å². The molecule has 0 atom stereocenters. The molecule has 1 N–H and O–H groups in total. The average molecular weight is 380 g/mol. The highest BCUT2D eigenvalue weighted by Crippen LogP contribution is 2.23. The predicted octanol–water partition coefficient (Wildman–Crippen LogP) is 3.72. The van der Waals surface area contributed by atoms with Crippen LogP contribution < -0.4 is 10.2 Å². The van der Waals surface area contributed by atoms with E-state index in [-0.39, 0.29) is 11.8 Å². The van der Waals surface area contributed by atoms with E-state index in [1.54, 1.807) is 6.07 Å². The van der Waals surface area contributed by atoms with Crippen LogP contribution in [0.15, 0.2) is 36.7 Å². The van der Waals surface area contributed by atoms with E-state index < -0.39 is 0 Å². The van der Waals surface area contributed by atoms with Crippen LogP contribution in [0.25, 0.3) is 0 Å². The van der Waals surface area contributed by atoms with Crippen molar-refractivity contribution in [1.82, 2.24) is 9.88 Å². The van der Waals surface area contributed by atoms with Gasteiger partial charge in [-0.05, 0) is 63.4 Å². The molecule has 0 spiro atoms. The van der Waals surface area contributed by atoms with Crippen LogP contribution in [0.5, 0.6) is 0 Å². The summed E-state index contributed by atoms with van der Waals surface area (Å²) < 4.78 is 0. The first-order valence-electron chi connectivity index (χ1n) is 9.94. The third-order valence-corrected chi connectivity index (χ3v) is 5.23. The maximum absolute atomic E-state index is 12.7. The molecule has 1 aliphatic rings.